The van der Waals surface area contributed by atoms with Crippen molar-refractivity contribution in [3.8, 4) is 11.5 Å². The maximum absolute atomic E-state index is 13.0. The molecular formula is C26H36F2O6. The lowest BCUT2D eigenvalue weighted by molar-refractivity contribution is -0.157. The van der Waals surface area contributed by atoms with Gasteiger partial charge in [0, 0.05) is 0 Å². The topological polar surface area (TPSA) is 71.1 Å². The minimum atomic E-state index is -1.58. The van der Waals surface area contributed by atoms with E-state index in [0.29, 0.717) is 25.0 Å². The van der Waals surface area contributed by atoms with Gasteiger partial charge in [-0.15, -0.1) is 0 Å². The summed E-state index contributed by atoms with van der Waals surface area (Å²) in [6, 6.07) is 7.55. The molecule has 2 aliphatic rings. The van der Waals surface area contributed by atoms with Crippen molar-refractivity contribution in [1.82, 2.24) is 0 Å². The Morgan fingerprint density at radius 2 is 1.03 bits per heavy atom. The number of benzene rings is 1. The average molecular weight is 483 g/mol. The van der Waals surface area contributed by atoms with Crippen molar-refractivity contribution in [2.75, 3.05) is 13.2 Å². The number of hydrogen-bond donors (Lipinski definition) is 0. The first kappa shape index (κ1) is 26.2. The van der Waals surface area contributed by atoms with Crippen molar-refractivity contribution in [3.63, 3.8) is 0 Å². The predicted molar refractivity (Wildman–Crippen MR) is 122 cm³/mol. The van der Waals surface area contributed by atoms with E-state index in [1.807, 2.05) is 24.3 Å². The minimum Gasteiger partial charge on any atom is -0.493 e. The summed E-state index contributed by atoms with van der Waals surface area (Å²) in [4.78, 5) is 22.8. The molecule has 190 valence electrons. The second-order valence-corrected chi connectivity index (χ2v) is 9.48. The Kier molecular flexibility index (Phi) is 9.96. The lowest BCUT2D eigenvalue weighted by atomic mass is 9.88. The van der Waals surface area contributed by atoms with Crippen LogP contribution < -0.4 is 9.47 Å². The van der Waals surface area contributed by atoms with Crippen LogP contribution in [0.2, 0.25) is 0 Å². The van der Waals surface area contributed by atoms with Gasteiger partial charge in [-0.1, -0.05) is 0 Å². The van der Waals surface area contributed by atoms with Gasteiger partial charge in [0.05, 0.1) is 13.2 Å². The van der Waals surface area contributed by atoms with Gasteiger partial charge in [0.15, 0.2) is 12.3 Å². The van der Waals surface area contributed by atoms with Crippen molar-refractivity contribution in [1.29, 1.82) is 0 Å². The van der Waals surface area contributed by atoms with Gasteiger partial charge in [0.1, 0.15) is 23.7 Å². The van der Waals surface area contributed by atoms with Gasteiger partial charge < -0.3 is 18.9 Å². The summed E-state index contributed by atoms with van der Waals surface area (Å²) in [5.41, 5.74) is 0. The van der Waals surface area contributed by atoms with Crippen LogP contribution in [0.1, 0.15) is 65.2 Å². The van der Waals surface area contributed by atoms with E-state index in [4.69, 9.17) is 18.9 Å². The third-order valence-electron chi connectivity index (χ3n) is 6.60. The molecule has 0 amide bonds. The van der Waals surface area contributed by atoms with E-state index in [0.717, 1.165) is 62.9 Å². The fourth-order valence-corrected chi connectivity index (χ4v) is 4.41. The number of carbonyl (C=O) groups excluding carboxylic acids is 2. The molecule has 2 atom stereocenters. The van der Waals surface area contributed by atoms with Crippen LogP contribution in [0.3, 0.4) is 0 Å². The number of rotatable bonds is 10. The van der Waals surface area contributed by atoms with Crippen molar-refractivity contribution in [2.45, 2.75) is 89.8 Å². The molecule has 1 aromatic carbocycles. The summed E-state index contributed by atoms with van der Waals surface area (Å²) < 4.78 is 48.1. The largest absolute Gasteiger partial charge is 0.493 e. The van der Waals surface area contributed by atoms with E-state index in [-0.39, 0.29) is 12.2 Å². The molecule has 2 unspecified atom stereocenters. The molecule has 1 aromatic rings. The maximum Gasteiger partial charge on any atom is 0.340 e. The van der Waals surface area contributed by atoms with Crippen LogP contribution in [0.5, 0.6) is 11.5 Å². The number of carbonyl (C=O) groups is 2. The number of hydrogen-bond acceptors (Lipinski definition) is 6. The quantitative estimate of drug-likeness (QED) is 0.418. The fourth-order valence-electron chi connectivity index (χ4n) is 4.41. The molecule has 2 fully saturated rings. The van der Waals surface area contributed by atoms with E-state index >= 15 is 0 Å². The summed E-state index contributed by atoms with van der Waals surface area (Å²) in [5.74, 6) is 0.771. The van der Waals surface area contributed by atoms with Crippen LogP contribution >= 0.6 is 0 Å². The summed E-state index contributed by atoms with van der Waals surface area (Å²) in [6.45, 7) is 3.58. The first-order valence-corrected chi connectivity index (χ1v) is 12.3. The zero-order valence-corrected chi connectivity index (χ0v) is 20.0. The SMILES string of the molecule is CC(F)C(=O)OC1CCC(COc2ccc(OCC3CCC(OC(=O)C(C)F)CC3)cc2)CC1. The van der Waals surface area contributed by atoms with Crippen LogP contribution in [0.25, 0.3) is 0 Å². The summed E-state index contributed by atoms with van der Waals surface area (Å²) in [7, 11) is 0. The summed E-state index contributed by atoms with van der Waals surface area (Å²) in [5, 5.41) is 0. The second kappa shape index (κ2) is 12.9. The highest BCUT2D eigenvalue weighted by molar-refractivity contribution is 5.74. The molecule has 0 radical (unpaired) electrons. The van der Waals surface area contributed by atoms with Crippen LogP contribution in [0.4, 0.5) is 8.78 Å². The number of alkyl halides is 2. The molecule has 6 nitrogen and oxygen atoms in total. The molecule has 0 N–H and O–H groups in total. The molecule has 0 spiro atoms. The van der Waals surface area contributed by atoms with Gasteiger partial charge in [-0.3, -0.25) is 0 Å². The Morgan fingerprint density at radius 3 is 1.32 bits per heavy atom. The van der Waals surface area contributed by atoms with E-state index in [1.54, 1.807) is 0 Å². The molecule has 0 heterocycles. The Bertz CT molecular complexity index is 701. The summed E-state index contributed by atoms with van der Waals surface area (Å²) in [6.07, 6.45) is 2.93. The molecule has 2 saturated carbocycles. The third-order valence-corrected chi connectivity index (χ3v) is 6.60. The van der Waals surface area contributed by atoms with Gasteiger partial charge in [0.25, 0.3) is 0 Å². The number of ether oxygens (including phenoxy) is 4. The zero-order chi connectivity index (χ0) is 24.5. The van der Waals surface area contributed by atoms with E-state index in [2.05, 4.69) is 0 Å². The lowest BCUT2D eigenvalue weighted by Crippen LogP contribution is -2.29. The first-order chi connectivity index (χ1) is 16.3. The van der Waals surface area contributed by atoms with Crippen LogP contribution in [0.15, 0.2) is 24.3 Å². The van der Waals surface area contributed by atoms with Gasteiger partial charge in [-0.2, -0.15) is 0 Å². The van der Waals surface area contributed by atoms with Gasteiger partial charge in [-0.25, -0.2) is 18.4 Å². The Hall–Kier alpha value is -2.38. The van der Waals surface area contributed by atoms with Crippen molar-refractivity contribution >= 4 is 11.9 Å². The Morgan fingerprint density at radius 1 is 0.706 bits per heavy atom. The number of esters is 2. The zero-order valence-electron chi connectivity index (χ0n) is 20.0. The summed E-state index contributed by atoms with van der Waals surface area (Å²) >= 11 is 0. The monoisotopic (exact) mass is 482 g/mol. The van der Waals surface area contributed by atoms with E-state index < -0.39 is 24.3 Å². The van der Waals surface area contributed by atoms with Crippen molar-refractivity contribution in [3.05, 3.63) is 24.3 Å². The normalized spacial score (nSPS) is 26.7. The minimum absolute atomic E-state index is 0.192. The first-order valence-electron chi connectivity index (χ1n) is 12.3. The third kappa shape index (κ3) is 8.44. The van der Waals surface area contributed by atoms with E-state index in [1.165, 1.54) is 13.8 Å². The fraction of sp³-hybridized carbons (Fsp3) is 0.692. The highest BCUT2D eigenvalue weighted by Gasteiger charge is 2.27. The molecule has 0 bridgehead atoms. The highest BCUT2D eigenvalue weighted by atomic mass is 19.1. The predicted octanol–water partition coefficient (Wildman–Crippen LogP) is 5.36. The highest BCUT2D eigenvalue weighted by Crippen LogP contribution is 2.29. The van der Waals surface area contributed by atoms with Gasteiger partial charge >= 0.3 is 11.9 Å². The molecule has 2 aliphatic carbocycles. The number of halogens is 2. The van der Waals surface area contributed by atoms with Crippen molar-refractivity contribution in [2.24, 2.45) is 11.8 Å². The van der Waals surface area contributed by atoms with E-state index in [9.17, 15) is 18.4 Å². The smallest absolute Gasteiger partial charge is 0.340 e. The van der Waals surface area contributed by atoms with Gasteiger partial charge in [0.2, 0.25) is 0 Å². The molecule has 3 rings (SSSR count). The van der Waals surface area contributed by atoms with Crippen molar-refractivity contribution < 1.29 is 37.3 Å². The van der Waals surface area contributed by atoms with Crippen LogP contribution in [-0.4, -0.2) is 49.7 Å². The molecule has 34 heavy (non-hydrogen) atoms. The standard InChI is InChI=1S/C26H36F2O6/c1-17(27)25(29)33-23-7-3-19(4-8-23)15-31-21-11-13-22(14-12-21)32-16-20-5-9-24(10-6-20)34-26(30)18(2)28/h11-14,17-20,23-24H,3-10,15-16H2,1-2H3. The molecule has 0 aromatic heterocycles. The molecular weight excluding hydrogens is 446 g/mol. The Labute approximate surface area is 200 Å². The molecule has 8 heteroatoms. The van der Waals surface area contributed by atoms with Gasteiger partial charge in [-0.05, 0) is 101 Å². The van der Waals surface area contributed by atoms with Crippen LogP contribution in [-0.2, 0) is 19.1 Å². The van der Waals surface area contributed by atoms with Crippen LogP contribution in [0, 0.1) is 11.8 Å². The molecule has 0 aliphatic heterocycles. The average Bonchev–Trinajstić information content (AvgIpc) is 2.83. The maximum atomic E-state index is 13.0. The lowest BCUT2D eigenvalue weighted by Gasteiger charge is -2.28. The second-order valence-electron chi connectivity index (χ2n) is 9.48. The Balaban J connectivity index is 1.30. The molecule has 0 saturated heterocycles.